The van der Waals surface area contributed by atoms with Crippen LogP contribution in [0.1, 0.15) is 63.8 Å². The fourth-order valence-corrected chi connectivity index (χ4v) is 7.98. The molecule has 0 N–H and O–H groups in total. The summed E-state index contributed by atoms with van der Waals surface area (Å²) < 4.78 is 52.8. The predicted molar refractivity (Wildman–Crippen MR) is 174 cm³/mol. The van der Waals surface area contributed by atoms with Crippen molar-refractivity contribution in [3.05, 3.63) is 54.2 Å². The fraction of sp³-hybridized carbons (Fsp3) is 0.600. The summed E-state index contributed by atoms with van der Waals surface area (Å²) >= 11 is 0. The molecule has 0 bridgehead atoms. The third-order valence-electron chi connectivity index (χ3n) is 9.27. The van der Waals surface area contributed by atoms with E-state index in [2.05, 4.69) is 82.7 Å². The van der Waals surface area contributed by atoms with Gasteiger partial charge in [-0.3, -0.25) is 13.5 Å². The molecule has 1 aliphatic heterocycles. The molecule has 14 heteroatoms. The number of carbonyl (C=O) groups is 1. The van der Waals surface area contributed by atoms with Crippen LogP contribution in [0.4, 0.5) is 0 Å². The Balaban J connectivity index is 1.88. The molecule has 11 nitrogen and oxygen atoms in total. The molecule has 0 saturated carbocycles. The third-order valence-corrected chi connectivity index (χ3v) is 19.5. The number of benzene rings is 1. The predicted octanol–water partition coefficient (Wildman–Crippen LogP) is 5.71. The summed E-state index contributed by atoms with van der Waals surface area (Å²) in [7, 11) is -7.73. The van der Waals surface area contributed by atoms with Gasteiger partial charge in [-0.05, 0) is 36.3 Å². The quantitative estimate of drug-likeness (QED) is 0.151. The lowest BCUT2D eigenvalue weighted by atomic mass is 10.1. The summed E-state index contributed by atoms with van der Waals surface area (Å²) in [5.74, 6) is -0.705. The Bertz CT molecular complexity index is 1600. The van der Waals surface area contributed by atoms with Crippen molar-refractivity contribution in [2.24, 2.45) is 0 Å². The molecule has 4 rings (SSSR count). The molecule has 0 amide bonds. The Morgan fingerprint density at radius 3 is 2.02 bits per heavy atom. The largest absolute Gasteiger partial charge is 0.408 e. The highest BCUT2D eigenvalue weighted by Crippen LogP contribution is 2.46. The minimum atomic E-state index is -3.93. The first-order valence-electron chi connectivity index (χ1n) is 14.8. The van der Waals surface area contributed by atoms with Crippen LogP contribution >= 0.6 is 0 Å². The normalized spacial score (nSPS) is 22.1. The average Bonchev–Trinajstić information content (AvgIpc) is 3.48. The summed E-state index contributed by atoms with van der Waals surface area (Å²) in [5.41, 5.74) is 1.32. The highest BCUT2D eigenvalue weighted by atomic mass is 32.2. The van der Waals surface area contributed by atoms with Gasteiger partial charge < -0.3 is 13.6 Å². The average molecular weight is 663 g/mol. The molecular formula is C30H46N4O7SSi2. The first-order valence-corrected chi connectivity index (χ1v) is 22.2. The van der Waals surface area contributed by atoms with E-state index in [9.17, 15) is 13.2 Å². The number of ether oxygens (including phenoxy) is 1. The zero-order valence-electron chi connectivity index (χ0n) is 27.6. The Kier molecular flexibility index (Phi) is 9.51. The first kappa shape index (κ1) is 34.5. The molecule has 1 saturated heterocycles. The molecule has 1 fully saturated rings. The van der Waals surface area contributed by atoms with Crippen LogP contribution in [0.15, 0.2) is 43.0 Å². The van der Waals surface area contributed by atoms with Gasteiger partial charge in [0, 0.05) is 5.56 Å². The molecule has 0 spiro atoms. The van der Waals surface area contributed by atoms with Gasteiger partial charge in [0.05, 0.1) is 13.4 Å². The first-order chi connectivity index (χ1) is 20.2. The maximum Gasteiger partial charge on any atom is 0.269 e. The second kappa shape index (κ2) is 12.1. The van der Waals surface area contributed by atoms with Crippen molar-refractivity contribution in [2.75, 3.05) is 12.9 Å². The van der Waals surface area contributed by atoms with E-state index in [0.29, 0.717) is 16.7 Å². The number of hydrogen-bond acceptors (Lipinski definition) is 10. The van der Waals surface area contributed by atoms with Crippen LogP contribution in [0.2, 0.25) is 36.3 Å². The van der Waals surface area contributed by atoms with Crippen molar-refractivity contribution in [3.8, 4) is 0 Å². The van der Waals surface area contributed by atoms with E-state index in [-0.39, 0.29) is 21.6 Å². The third kappa shape index (κ3) is 6.91. The van der Waals surface area contributed by atoms with E-state index in [1.165, 1.54) is 6.33 Å². The Hall–Kier alpha value is -2.34. The second-order valence-electron chi connectivity index (χ2n) is 14.4. The van der Waals surface area contributed by atoms with Crippen LogP contribution in [0.3, 0.4) is 0 Å². The molecule has 1 aliphatic rings. The minimum Gasteiger partial charge on any atom is -0.408 e. The molecule has 3 heterocycles. The molecule has 4 atom stereocenters. The van der Waals surface area contributed by atoms with Gasteiger partial charge >= 0.3 is 0 Å². The maximum atomic E-state index is 13.4. The number of rotatable bonds is 10. The molecular weight excluding hydrogens is 617 g/mol. The van der Waals surface area contributed by atoms with Crippen LogP contribution in [0, 0.1) is 0 Å². The molecule has 0 radical (unpaired) electrons. The zero-order valence-corrected chi connectivity index (χ0v) is 30.4. The zero-order chi connectivity index (χ0) is 32.9. The molecule has 242 valence electrons. The van der Waals surface area contributed by atoms with Gasteiger partial charge in [-0.1, -0.05) is 71.9 Å². The highest BCUT2D eigenvalue weighted by molar-refractivity contribution is 7.86. The molecule has 0 aliphatic carbocycles. The summed E-state index contributed by atoms with van der Waals surface area (Å²) in [6.45, 7) is 21.3. The number of hydrogen-bond donors (Lipinski definition) is 0. The van der Waals surface area contributed by atoms with Crippen molar-refractivity contribution in [3.63, 3.8) is 0 Å². The van der Waals surface area contributed by atoms with Gasteiger partial charge in [0.1, 0.15) is 41.6 Å². The van der Waals surface area contributed by atoms with E-state index in [1.807, 2.05) is 6.07 Å². The summed E-state index contributed by atoms with van der Waals surface area (Å²) in [4.78, 5) is 26.8. The fourth-order valence-electron chi connectivity index (χ4n) is 4.57. The van der Waals surface area contributed by atoms with E-state index in [4.69, 9.17) is 17.8 Å². The SMILES string of the molecule is COS(=O)(=O)C[C@@H]1O[C@@H](n2cnc3c(C(=O)c4ccccc4)ncnc32)[C@H](O[Si](C)(C)C(C)(C)C)[C@@H]1O[Si](C)(C)C(C)(C)C. The van der Waals surface area contributed by atoms with Gasteiger partial charge in [0.25, 0.3) is 10.1 Å². The molecule has 3 aromatic rings. The number of nitrogens with zero attached hydrogens (tertiary/aromatic N) is 4. The van der Waals surface area contributed by atoms with Gasteiger partial charge in [0.15, 0.2) is 28.5 Å². The van der Waals surface area contributed by atoms with Gasteiger partial charge in [-0.15, -0.1) is 0 Å². The van der Waals surface area contributed by atoms with Crippen LogP contribution in [0.25, 0.3) is 11.2 Å². The Morgan fingerprint density at radius 2 is 1.48 bits per heavy atom. The van der Waals surface area contributed by atoms with Crippen molar-refractivity contribution in [2.45, 2.75) is 102 Å². The second-order valence-corrected chi connectivity index (χ2v) is 25.7. The number of carbonyl (C=O) groups excluding carboxylic acids is 1. The van der Waals surface area contributed by atoms with Crippen molar-refractivity contribution in [1.29, 1.82) is 0 Å². The van der Waals surface area contributed by atoms with Gasteiger partial charge in [0.2, 0.25) is 5.78 Å². The monoisotopic (exact) mass is 662 g/mol. The number of ketones is 1. The minimum absolute atomic E-state index is 0.160. The number of fused-ring (bicyclic) bond motifs is 1. The summed E-state index contributed by atoms with van der Waals surface area (Å²) in [6, 6.07) is 8.86. The van der Waals surface area contributed by atoms with Crippen molar-refractivity contribution >= 4 is 43.7 Å². The lowest BCUT2D eigenvalue weighted by Crippen LogP contribution is -2.54. The topological polar surface area (TPSA) is 132 Å². The van der Waals surface area contributed by atoms with Crippen molar-refractivity contribution < 1.29 is 31.0 Å². The van der Waals surface area contributed by atoms with E-state index in [0.717, 1.165) is 7.11 Å². The maximum absolute atomic E-state index is 13.4. The Labute approximate surface area is 263 Å². The molecule has 1 aromatic carbocycles. The lowest BCUT2D eigenvalue weighted by molar-refractivity contribution is -0.0255. The van der Waals surface area contributed by atoms with Gasteiger partial charge in [-0.2, -0.15) is 8.42 Å². The van der Waals surface area contributed by atoms with E-state index >= 15 is 0 Å². The molecule has 2 aromatic heterocycles. The smallest absolute Gasteiger partial charge is 0.269 e. The number of imidazole rings is 1. The van der Waals surface area contributed by atoms with E-state index < -0.39 is 57.0 Å². The standard InChI is InChI=1S/C30H46N4O7SSi2/c1-29(2,3)43(8,9)40-25-21(17-42(36,37)38-7)39-28(26(25)41-44(10,11)30(4,5)6)34-19-33-23-22(31-18-32-27(23)34)24(35)20-15-13-12-14-16-20/h12-16,18-19,21,25-26,28H,17H2,1-11H3/t21-,25+,26+,28+/m0/s1. The molecule has 0 unspecified atom stereocenters. The van der Waals surface area contributed by atoms with Crippen LogP contribution in [-0.4, -0.2) is 81.5 Å². The Morgan fingerprint density at radius 1 is 0.909 bits per heavy atom. The van der Waals surface area contributed by atoms with Gasteiger partial charge in [-0.25, -0.2) is 15.0 Å². The lowest BCUT2D eigenvalue weighted by Gasteiger charge is -2.44. The highest BCUT2D eigenvalue weighted by Gasteiger charge is 2.55. The van der Waals surface area contributed by atoms with Crippen molar-refractivity contribution in [1.82, 2.24) is 19.5 Å². The van der Waals surface area contributed by atoms with Crippen LogP contribution < -0.4 is 0 Å². The molecule has 44 heavy (non-hydrogen) atoms. The summed E-state index contributed by atoms with van der Waals surface area (Å²) in [6.07, 6.45) is -0.322. The van der Waals surface area contributed by atoms with Crippen LogP contribution in [0.5, 0.6) is 0 Å². The van der Waals surface area contributed by atoms with E-state index in [1.54, 1.807) is 35.2 Å². The summed E-state index contributed by atoms with van der Waals surface area (Å²) in [5, 5.41) is -0.330. The van der Waals surface area contributed by atoms with Crippen LogP contribution in [-0.2, 0) is 27.9 Å². The number of aromatic nitrogens is 4.